The summed E-state index contributed by atoms with van der Waals surface area (Å²) in [6.07, 6.45) is 0. The Morgan fingerprint density at radius 1 is 0.778 bits per heavy atom. The highest BCUT2D eigenvalue weighted by molar-refractivity contribution is 7.17. The summed E-state index contributed by atoms with van der Waals surface area (Å²) in [5.41, 5.74) is 8.61. The molecule has 0 spiro atoms. The fourth-order valence-corrected chi connectivity index (χ4v) is 2.55. The van der Waals surface area contributed by atoms with Crippen molar-refractivity contribution >= 4 is 17.0 Å². The van der Waals surface area contributed by atoms with Crippen molar-refractivity contribution < 1.29 is 0 Å². The fraction of sp³-hybridized carbons (Fsp3) is 0. The van der Waals surface area contributed by atoms with Gasteiger partial charge in [0.2, 0.25) is 0 Å². The summed E-state index contributed by atoms with van der Waals surface area (Å²) >= 11 is 1.57. The SMILES string of the molecule is Nc1cccc(-c2nnc(-c3ccccc3)s2)c1. The molecule has 3 rings (SSSR count). The van der Waals surface area contributed by atoms with E-state index in [2.05, 4.69) is 10.2 Å². The monoisotopic (exact) mass is 253 g/mol. The molecule has 0 aliphatic rings. The highest BCUT2D eigenvalue weighted by atomic mass is 32.1. The molecule has 0 saturated heterocycles. The molecule has 0 atom stereocenters. The van der Waals surface area contributed by atoms with Crippen molar-refractivity contribution in [1.29, 1.82) is 0 Å². The highest BCUT2D eigenvalue weighted by Gasteiger charge is 2.08. The molecule has 1 aromatic heterocycles. The molecule has 2 aromatic carbocycles. The van der Waals surface area contributed by atoms with E-state index in [1.54, 1.807) is 11.3 Å². The van der Waals surface area contributed by atoms with Crippen LogP contribution in [0.4, 0.5) is 5.69 Å². The molecule has 3 aromatic rings. The lowest BCUT2D eigenvalue weighted by Gasteiger charge is -1.96. The Bertz CT molecular complexity index is 662. The normalized spacial score (nSPS) is 10.4. The van der Waals surface area contributed by atoms with E-state index in [1.807, 2.05) is 54.6 Å². The molecule has 0 amide bonds. The van der Waals surface area contributed by atoms with Gasteiger partial charge in [-0.1, -0.05) is 53.8 Å². The first-order chi connectivity index (χ1) is 8.83. The van der Waals surface area contributed by atoms with Gasteiger partial charge < -0.3 is 5.73 Å². The molecule has 4 heteroatoms. The van der Waals surface area contributed by atoms with E-state index in [9.17, 15) is 0 Å². The van der Waals surface area contributed by atoms with Crippen LogP contribution in [-0.2, 0) is 0 Å². The average molecular weight is 253 g/mol. The second-order valence-electron chi connectivity index (χ2n) is 3.90. The Hall–Kier alpha value is -2.20. The zero-order valence-electron chi connectivity index (χ0n) is 9.58. The number of hydrogen-bond acceptors (Lipinski definition) is 4. The Kier molecular flexibility index (Phi) is 2.78. The van der Waals surface area contributed by atoms with Gasteiger partial charge in [-0.3, -0.25) is 0 Å². The van der Waals surface area contributed by atoms with Crippen LogP contribution in [0, 0.1) is 0 Å². The zero-order valence-corrected chi connectivity index (χ0v) is 10.4. The van der Waals surface area contributed by atoms with Gasteiger partial charge in [0, 0.05) is 16.8 Å². The highest BCUT2D eigenvalue weighted by Crippen LogP contribution is 2.30. The van der Waals surface area contributed by atoms with Crippen molar-refractivity contribution in [2.75, 3.05) is 5.73 Å². The van der Waals surface area contributed by atoms with E-state index >= 15 is 0 Å². The maximum absolute atomic E-state index is 5.77. The molecule has 0 radical (unpaired) electrons. The van der Waals surface area contributed by atoms with Crippen molar-refractivity contribution in [2.24, 2.45) is 0 Å². The molecule has 0 bridgehead atoms. The quantitative estimate of drug-likeness (QED) is 0.712. The van der Waals surface area contributed by atoms with E-state index in [-0.39, 0.29) is 0 Å². The van der Waals surface area contributed by atoms with Gasteiger partial charge in [-0.15, -0.1) is 10.2 Å². The van der Waals surface area contributed by atoms with Gasteiger partial charge in [0.05, 0.1) is 0 Å². The van der Waals surface area contributed by atoms with Crippen LogP contribution in [0.2, 0.25) is 0 Å². The summed E-state index contributed by atoms with van der Waals surface area (Å²) in [6.45, 7) is 0. The molecule has 0 unspecified atom stereocenters. The molecule has 18 heavy (non-hydrogen) atoms. The van der Waals surface area contributed by atoms with Crippen molar-refractivity contribution in [3.8, 4) is 21.1 Å². The van der Waals surface area contributed by atoms with Crippen LogP contribution in [0.1, 0.15) is 0 Å². The Morgan fingerprint density at radius 2 is 1.44 bits per heavy atom. The largest absolute Gasteiger partial charge is 0.399 e. The van der Waals surface area contributed by atoms with E-state index in [4.69, 9.17) is 5.73 Å². The number of nitrogen functional groups attached to an aromatic ring is 1. The van der Waals surface area contributed by atoms with Crippen LogP contribution >= 0.6 is 11.3 Å². The van der Waals surface area contributed by atoms with E-state index in [1.165, 1.54) is 0 Å². The van der Waals surface area contributed by atoms with E-state index in [0.717, 1.165) is 26.8 Å². The first-order valence-corrected chi connectivity index (χ1v) is 6.39. The van der Waals surface area contributed by atoms with E-state index in [0.29, 0.717) is 0 Å². The zero-order chi connectivity index (χ0) is 12.4. The average Bonchev–Trinajstić information content (AvgIpc) is 2.89. The molecule has 0 fully saturated rings. The number of anilines is 1. The molecule has 88 valence electrons. The van der Waals surface area contributed by atoms with Gasteiger partial charge in [0.15, 0.2) is 0 Å². The number of hydrogen-bond donors (Lipinski definition) is 1. The van der Waals surface area contributed by atoms with Crippen LogP contribution in [0.5, 0.6) is 0 Å². The van der Waals surface area contributed by atoms with Gasteiger partial charge in [-0.2, -0.15) is 0 Å². The predicted molar refractivity (Wildman–Crippen MR) is 75.2 cm³/mol. The van der Waals surface area contributed by atoms with Gasteiger partial charge >= 0.3 is 0 Å². The Morgan fingerprint density at radius 3 is 2.17 bits per heavy atom. The van der Waals surface area contributed by atoms with Crippen LogP contribution < -0.4 is 5.73 Å². The number of benzene rings is 2. The minimum atomic E-state index is 0.740. The topological polar surface area (TPSA) is 51.8 Å². The molecule has 3 nitrogen and oxygen atoms in total. The Balaban J connectivity index is 2.00. The fourth-order valence-electron chi connectivity index (χ4n) is 1.71. The van der Waals surface area contributed by atoms with Crippen molar-refractivity contribution in [2.45, 2.75) is 0 Å². The van der Waals surface area contributed by atoms with Crippen LogP contribution in [0.3, 0.4) is 0 Å². The molecule has 0 aliphatic heterocycles. The molecular formula is C14H11N3S. The van der Waals surface area contributed by atoms with Crippen molar-refractivity contribution in [3.63, 3.8) is 0 Å². The number of rotatable bonds is 2. The number of aromatic nitrogens is 2. The summed E-state index contributed by atoms with van der Waals surface area (Å²) in [7, 11) is 0. The van der Waals surface area contributed by atoms with Crippen LogP contribution in [-0.4, -0.2) is 10.2 Å². The van der Waals surface area contributed by atoms with Crippen LogP contribution in [0.15, 0.2) is 54.6 Å². The minimum Gasteiger partial charge on any atom is -0.399 e. The van der Waals surface area contributed by atoms with Crippen molar-refractivity contribution in [1.82, 2.24) is 10.2 Å². The summed E-state index contributed by atoms with van der Waals surface area (Å²) < 4.78 is 0. The first-order valence-electron chi connectivity index (χ1n) is 5.58. The number of nitrogens with two attached hydrogens (primary N) is 1. The molecule has 0 aliphatic carbocycles. The first kappa shape index (κ1) is 10.9. The maximum Gasteiger partial charge on any atom is 0.148 e. The van der Waals surface area contributed by atoms with Crippen molar-refractivity contribution in [3.05, 3.63) is 54.6 Å². The van der Waals surface area contributed by atoms with Crippen LogP contribution in [0.25, 0.3) is 21.1 Å². The second-order valence-corrected chi connectivity index (χ2v) is 4.88. The maximum atomic E-state index is 5.77. The van der Waals surface area contributed by atoms with E-state index < -0.39 is 0 Å². The smallest absolute Gasteiger partial charge is 0.148 e. The molecule has 2 N–H and O–H groups in total. The lowest BCUT2D eigenvalue weighted by molar-refractivity contribution is 1.10. The van der Waals surface area contributed by atoms with Gasteiger partial charge in [0.1, 0.15) is 10.0 Å². The molecular weight excluding hydrogens is 242 g/mol. The van der Waals surface area contributed by atoms with Gasteiger partial charge in [0.25, 0.3) is 0 Å². The predicted octanol–water partition coefficient (Wildman–Crippen LogP) is 3.45. The summed E-state index contributed by atoms with van der Waals surface area (Å²) in [6, 6.07) is 17.7. The lowest BCUT2D eigenvalue weighted by atomic mass is 10.2. The lowest BCUT2D eigenvalue weighted by Crippen LogP contribution is -1.84. The minimum absolute atomic E-state index is 0.740. The Labute approximate surface area is 109 Å². The summed E-state index contributed by atoms with van der Waals surface area (Å²) in [5.74, 6) is 0. The number of nitrogens with zero attached hydrogens (tertiary/aromatic N) is 2. The third kappa shape index (κ3) is 2.10. The summed E-state index contributed by atoms with van der Waals surface area (Å²) in [5, 5.41) is 10.3. The third-order valence-corrected chi connectivity index (χ3v) is 3.60. The van der Waals surface area contributed by atoms with Gasteiger partial charge in [-0.05, 0) is 12.1 Å². The second kappa shape index (κ2) is 4.58. The molecule has 1 heterocycles. The summed E-state index contributed by atoms with van der Waals surface area (Å²) in [4.78, 5) is 0. The van der Waals surface area contributed by atoms with Gasteiger partial charge in [-0.25, -0.2) is 0 Å². The standard InChI is InChI=1S/C14H11N3S/c15-12-8-4-7-11(9-12)14-17-16-13(18-14)10-5-2-1-3-6-10/h1-9H,15H2. The third-order valence-electron chi connectivity index (χ3n) is 2.58. The molecule has 0 saturated carbocycles.